The molecule has 1 atom stereocenters. The summed E-state index contributed by atoms with van der Waals surface area (Å²) >= 11 is 0. The van der Waals surface area contributed by atoms with Gasteiger partial charge in [0.25, 0.3) is 0 Å². The van der Waals surface area contributed by atoms with E-state index in [1.165, 1.54) is 0 Å². The Morgan fingerprint density at radius 2 is 1.45 bits per heavy atom. The Morgan fingerprint density at radius 1 is 0.950 bits per heavy atom. The molecule has 2 aromatic rings. The number of carbonyl (C=O) groups excluding carboxylic acids is 1. The van der Waals surface area contributed by atoms with Crippen molar-refractivity contribution in [3.63, 3.8) is 0 Å². The second-order valence-corrected chi connectivity index (χ2v) is 6.49. The first kappa shape index (κ1) is 17.0. The molecule has 0 amide bonds. The zero-order valence-electron chi connectivity index (χ0n) is 12.4. The molecule has 99 valence electrons. The molecule has 0 saturated heterocycles. The van der Waals surface area contributed by atoms with Gasteiger partial charge < -0.3 is 4.57 Å². The zero-order valence-corrected chi connectivity index (χ0v) is 13.4. The predicted molar refractivity (Wildman–Crippen MR) is 85.8 cm³/mol. The molecule has 20 heavy (non-hydrogen) atoms. The molecule has 4 heteroatoms. The van der Waals surface area contributed by atoms with Crippen molar-refractivity contribution < 1.29 is 9.36 Å². The zero-order chi connectivity index (χ0) is 14.0. The van der Waals surface area contributed by atoms with Gasteiger partial charge in [-0.05, 0) is 31.9 Å². The smallest absolute Gasteiger partial charge is 0.223 e. The van der Waals surface area contributed by atoms with Crippen molar-refractivity contribution >= 4 is 37.5 Å². The summed E-state index contributed by atoms with van der Waals surface area (Å²) in [6, 6.07) is 12.9. The van der Waals surface area contributed by atoms with Crippen LogP contribution in [0.4, 0.5) is 0 Å². The van der Waals surface area contributed by atoms with Crippen LogP contribution >= 0.6 is 7.80 Å². The Hall–Kier alpha value is -1.06. The third-order valence-electron chi connectivity index (χ3n) is 3.15. The summed E-state index contributed by atoms with van der Waals surface area (Å²) in [7, 11) is -2.44. The molecule has 1 unspecified atom stereocenters. The Morgan fingerprint density at radius 3 is 1.95 bits per heavy atom. The summed E-state index contributed by atoms with van der Waals surface area (Å²) in [4.78, 5) is 12.4. The number of hydrogen-bond acceptors (Lipinski definition) is 2. The van der Waals surface area contributed by atoms with Crippen LogP contribution in [-0.4, -0.2) is 24.4 Å². The number of hydrogen-bond donors (Lipinski definition) is 0. The van der Waals surface area contributed by atoms with Gasteiger partial charge >= 0.3 is 0 Å². The molecule has 0 aromatic heterocycles. The molecule has 0 aliphatic heterocycles. The van der Waals surface area contributed by atoms with E-state index in [2.05, 4.69) is 0 Å². The fourth-order valence-electron chi connectivity index (χ4n) is 2.37. The molecule has 2 nitrogen and oxygen atoms in total. The minimum atomic E-state index is -2.44. The van der Waals surface area contributed by atoms with E-state index >= 15 is 0 Å². The van der Waals surface area contributed by atoms with E-state index in [4.69, 9.17) is 0 Å². The van der Waals surface area contributed by atoms with Gasteiger partial charge in [0.1, 0.15) is 0 Å². The second-order valence-electron chi connectivity index (χ2n) is 4.80. The minimum absolute atomic E-state index is 0. The third kappa shape index (κ3) is 3.52. The van der Waals surface area contributed by atoms with Gasteiger partial charge in [0, 0.05) is 29.7 Å². The SMILES string of the molecule is Cc1cc(C)c(C(=O)[PH](=O)c2ccccc2)c(C)c1.[Li]. The van der Waals surface area contributed by atoms with Gasteiger partial charge in [-0.1, -0.05) is 48.0 Å². The maximum absolute atomic E-state index is 12.4. The first-order valence-corrected chi connectivity index (χ1v) is 7.63. The quantitative estimate of drug-likeness (QED) is 0.638. The predicted octanol–water partition coefficient (Wildman–Crippen LogP) is 3.26. The molecule has 2 rings (SSSR count). The van der Waals surface area contributed by atoms with Crippen LogP contribution in [-0.2, 0) is 4.57 Å². The number of benzene rings is 2. The van der Waals surface area contributed by atoms with E-state index < -0.39 is 7.80 Å². The molecule has 0 fully saturated rings. The first-order valence-electron chi connectivity index (χ1n) is 6.22. The van der Waals surface area contributed by atoms with E-state index in [-0.39, 0.29) is 24.4 Å². The minimum Gasteiger partial charge on any atom is -0.313 e. The summed E-state index contributed by atoms with van der Waals surface area (Å²) in [6.45, 7) is 5.79. The number of aryl methyl sites for hydroxylation is 3. The average molecular weight is 279 g/mol. The van der Waals surface area contributed by atoms with Crippen molar-refractivity contribution in [3.8, 4) is 0 Å². The summed E-state index contributed by atoms with van der Waals surface area (Å²) < 4.78 is 12.4. The van der Waals surface area contributed by atoms with Crippen LogP contribution in [0.25, 0.3) is 0 Å². The fraction of sp³-hybridized carbons (Fsp3) is 0.188. The second kappa shape index (κ2) is 7.09. The van der Waals surface area contributed by atoms with Crippen molar-refractivity contribution in [1.29, 1.82) is 0 Å². The van der Waals surface area contributed by atoms with Crippen LogP contribution in [0.3, 0.4) is 0 Å². The van der Waals surface area contributed by atoms with Gasteiger partial charge in [0.05, 0.1) is 0 Å². The molecule has 0 aliphatic rings. The monoisotopic (exact) mass is 279 g/mol. The van der Waals surface area contributed by atoms with Gasteiger partial charge in [0.15, 0.2) is 7.80 Å². The van der Waals surface area contributed by atoms with Crippen LogP contribution in [0.2, 0.25) is 0 Å². The van der Waals surface area contributed by atoms with Gasteiger partial charge in [-0.15, -0.1) is 0 Å². The fourth-order valence-corrected chi connectivity index (χ4v) is 3.75. The standard InChI is InChI=1S/C16H17O2P.Li/c1-11-9-12(2)15(13(3)10-11)16(17)19(18)14-7-5-4-6-8-14;/h4-10,19H,1-3H3;. The molecule has 0 aliphatic carbocycles. The molecular formula is C16H17LiO2P. The molecule has 0 heterocycles. The Kier molecular flexibility index (Phi) is 6.02. The molecule has 2 aromatic carbocycles. The number of carbonyl (C=O) groups is 1. The van der Waals surface area contributed by atoms with Crippen LogP contribution in [0.15, 0.2) is 42.5 Å². The topological polar surface area (TPSA) is 34.1 Å². The van der Waals surface area contributed by atoms with Gasteiger partial charge in [-0.3, -0.25) is 4.79 Å². The van der Waals surface area contributed by atoms with E-state index in [0.29, 0.717) is 10.9 Å². The Labute approximate surface area is 132 Å². The summed E-state index contributed by atoms with van der Waals surface area (Å²) in [6.07, 6.45) is 0. The van der Waals surface area contributed by atoms with E-state index in [0.717, 1.165) is 16.7 Å². The molecule has 0 saturated carbocycles. The van der Waals surface area contributed by atoms with Crippen molar-refractivity contribution in [1.82, 2.24) is 0 Å². The van der Waals surface area contributed by atoms with E-state index in [9.17, 15) is 9.36 Å². The summed E-state index contributed by atoms with van der Waals surface area (Å²) in [5, 5.41) is 0.622. The van der Waals surface area contributed by atoms with Crippen LogP contribution < -0.4 is 5.30 Å². The van der Waals surface area contributed by atoms with E-state index in [1.54, 1.807) is 24.3 Å². The van der Waals surface area contributed by atoms with Gasteiger partial charge in [0.2, 0.25) is 5.52 Å². The largest absolute Gasteiger partial charge is 0.313 e. The van der Waals surface area contributed by atoms with Crippen molar-refractivity contribution in [2.75, 3.05) is 0 Å². The normalized spacial score (nSPS) is 11.6. The summed E-state index contributed by atoms with van der Waals surface area (Å²) in [5.74, 6) is 0. The Balaban J connectivity index is 0.00000200. The molecule has 1 radical (unpaired) electrons. The van der Waals surface area contributed by atoms with Crippen LogP contribution in [0.1, 0.15) is 27.0 Å². The summed E-state index contributed by atoms with van der Waals surface area (Å²) in [5.41, 5.74) is 3.28. The van der Waals surface area contributed by atoms with Crippen LogP contribution in [0, 0.1) is 20.8 Å². The molecule has 0 N–H and O–H groups in total. The third-order valence-corrected chi connectivity index (χ3v) is 4.67. The van der Waals surface area contributed by atoms with Crippen molar-refractivity contribution in [2.24, 2.45) is 0 Å². The first-order chi connectivity index (χ1) is 9.00. The van der Waals surface area contributed by atoms with Crippen molar-refractivity contribution in [2.45, 2.75) is 20.8 Å². The van der Waals surface area contributed by atoms with Gasteiger partial charge in [-0.25, -0.2) is 0 Å². The van der Waals surface area contributed by atoms with Crippen molar-refractivity contribution in [3.05, 3.63) is 64.7 Å². The molecule has 0 bridgehead atoms. The average Bonchev–Trinajstić information content (AvgIpc) is 2.37. The van der Waals surface area contributed by atoms with Gasteiger partial charge in [-0.2, -0.15) is 0 Å². The molecule has 0 spiro atoms. The Bertz CT molecular complexity index is 628. The number of rotatable bonds is 3. The maximum Gasteiger partial charge on any atom is 0.223 e. The van der Waals surface area contributed by atoms with Crippen LogP contribution in [0.5, 0.6) is 0 Å². The molecular weight excluding hydrogens is 262 g/mol. The van der Waals surface area contributed by atoms with E-state index in [1.807, 2.05) is 39.0 Å². The maximum atomic E-state index is 12.4.